The van der Waals surface area contributed by atoms with E-state index in [1.54, 1.807) is 66.4 Å². The summed E-state index contributed by atoms with van der Waals surface area (Å²) in [4.78, 5) is 29.9. The topological polar surface area (TPSA) is 154 Å². The smallest absolute Gasteiger partial charge is 0.258 e. The van der Waals surface area contributed by atoms with E-state index in [1.165, 1.54) is 0 Å². The molecule has 0 aromatic heterocycles. The molecule has 1 aliphatic rings. The van der Waals surface area contributed by atoms with Gasteiger partial charge in [-0.3, -0.25) is 19.2 Å². The number of likely N-dealkylation sites (N-methyl/N-ethyl adjacent to an activating group) is 1. The highest BCUT2D eigenvalue weighted by Gasteiger charge is 2.34. The Morgan fingerprint density at radius 1 is 1.12 bits per heavy atom. The highest BCUT2D eigenvalue weighted by atomic mass is 32.2. The molecule has 2 amide bonds. The maximum atomic E-state index is 13.5. The molecule has 0 unspecified atom stereocenters. The molecule has 4 rings (SSSR count). The summed E-state index contributed by atoms with van der Waals surface area (Å²) in [6, 6.07) is 18.7. The van der Waals surface area contributed by atoms with E-state index in [2.05, 4.69) is 14.9 Å². The zero-order valence-corrected chi connectivity index (χ0v) is 25.6. The maximum absolute atomic E-state index is 13.5. The van der Waals surface area contributed by atoms with Crippen LogP contribution in [0.1, 0.15) is 40.1 Å². The largest absolute Gasteiger partial charge is 0.486 e. The van der Waals surface area contributed by atoms with Crippen LogP contribution in [-0.2, 0) is 16.6 Å². The SMILES string of the molecule is C[C@H](CO)N1C[C@H](C)[C@H](CN(C)Cc2ccc(C(=O)Nc3ccccc3N)cc2)Oc2c(NS(C)(=O)=O)cccc2C1=O. The number of nitrogen functional groups attached to an aromatic ring is 1. The molecule has 230 valence electrons. The number of hydrogen-bond donors (Lipinski definition) is 4. The van der Waals surface area contributed by atoms with Crippen LogP contribution in [0.5, 0.6) is 5.75 Å². The molecular formula is C31H39N5O6S. The number of hydrogen-bond acceptors (Lipinski definition) is 8. The first-order chi connectivity index (χ1) is 20.4. The van der Waals surface area contributed by atoms with Crippen molar-refractivity contribution in [2.24, 2.45) is 5.92 Å². The monoisotopic (exact) mass is 609 g/mol. The van der Waals surface area contributed by atoms with E-state index in [-0.39, 0.29) is 41.3 Å². The second-order valence-corrected chi connectivity index (χ2v) is 12.9. The van der Waals surface area contributed by atoms with Crippen LogP contribution in [0.15, 0.2) is 66.7 Å². The van der Waals surface area contributed by atoms with Gasteiger partial charge < -0.3 is 25.8 Å². The number of sulfonamides is 1. The van der Waals surface area contributed by atoms with Crippen LogP contribution in [-0.4, -0.2) is 80.3 Å². The average molecular weight is 610 g/mol. The first-order valence-electron chi connectivity index (χ1n) is 14.0. The van der Waals surface area contributed by atoms with Crippen molar-refractivity contribution < 1.29 is 27.9 Å². The second kappa shape index (κ2) is 13.4. The van der Waals surface area contributed by atoms with Crippen molar-refractivity contribution in [3.63, 3.8) is 0 Å². The number of nitrogens with two attached hydrogens (primary N) is 1. The van der Waals surface area contributed by atoms with E-state index < -0.39 is 22.2 Å². The molecule has 1 heterocycles. The van der Waals surface area contributed by atoms with Gasteiger partial charge in [0.25, 0.3) is 11.8 Å². The fraction of sp³-hybridized carbons (Fsp3) is 0.355. The summed E-state index contributed by atoms with van der Waals surface area (Å²) >= 11 is 0. The molecule has 0 radical (unpaired) electrons. The van der Waals surface area contributed by atoms with E-state index in [9.17, 15) is 23.1 Å². The summed E-state index contributed by atoms with van der Waals surface area (Å²) in [6.07, 6.45) is 0.617. The van der Waals surface area contributed by atoms with Crippen LogP contribution < -0.4 is 20.5 Å². The Morgan fingerprint density at radius 2 is 1.79 bits per heavy atom. The van der Waals surface area contributed by atoms with Gasteiger partial charge in [-0.1, -0.05) is 37.3 Å². The molecule has 0 spiro atoms. The summed E-state index contributed by atoms with van der Waals surface area (Å²) < 4.78 is 33.1. The van der Waals surface area contributed by atoms with Crippen LogP contribution in [0.25, 0.3) is 0 Å². The third-order valence-electron chi connectivity index (χ3n) is 7.36. The van der Waals surface area contributed by atoms with E-state index in [0.717, 1.165) is 11.8 Å². The van der Waals surface area contributed by atoms with Crippen LogP contribution >= 0.6 is 0 Å². The number of aliphatic hydroxyl groups excluding tert-OH is 1. The Balaban J connectivity index is 1.52. The summed E-state index contributed by atoms with van der Waals surface area (Å²) in [6.45, 7) is 4.87. The lowest BCUT2D eigenvalue weighted by atomic mass is 9.99. The lowest BCUT2D eigenvalue weighted by Gasteiger charge is -2.38. The Labute approximate surface area is 252 Å². The van der Waals surface area contributed by atoms with Crippen molar-refractivity contribution in [2.45, 2.75) is 32.5 Å². The van der Waals surface area contributed by atoms with Crippen molar-refractivity contribution in [1.29, 1.82) is 0 Å². The number of fused-ring (bicyclic) bond motifs is 1. The third kappa shape index (κ3) is 8.04. The van der Waals surface area contributed by atoms with Crippen molar-refractivity contribution in [2.75, 3.05) is 48.8 Å². The first kappa shape index (κ1) is 31.8. The number of carbonyl (C=O) groups is 2. The predicted molar refractivity (Wildman–Crippen MR) is 168 cm³/mol. The summed E-state index contributed by atoms with van der Waals surface area (Å²) in [5.41, 5.74) is 8.85. The lowest BCUT2D eigenvalue weighted by Crippen LogP contribution is -2.49. The van der Waals surface area contributed by atoms with Crippen molar-refractivity contribution in [1.82, 2.24) is 9.80 Å². The number of ether oxygens (including phenoxy) is 1. The summed E-state index contributed by atoms with van der Waals surface area (Å²) in [7, 11) is -1.71. The van der Waals surface area contributed by atoms with Gasteiger partial charge in [-0.15, -0.1) is 0 Å². The average Bonchev–Trinajstić information content (AvgIpc) is 2.95. The minimum Gasteiger partial charge on any atom is -0.486 e. The Kier molecular flexibility index (Phi) is 9.95. The van der Waals surface area contributed by atoms with Gasteiger partial charge in [-0.05, 0) is 55.9 Å². The molecule has 12 heteroatoms. The van der Waals surface area contributed by atoms with Crippen LogP contribution in [0, 0.1) is 5.92 Å². The van der Waals surface area contributed by atoms with Crippen molar-refractivity contribution in [3.05, 3.63) is 83.4 Å². The molecule has 43 heavy (non-hydrogen) atoms. The van der Waals surface area contributed by atoms with Gasteiger partial charge in [0.05, 0.1) is 41.5 Å². The number of nitrogens with zero attached hydrogens (tertiary/aromatic N) is 2. The van der Waals surface area contributed by atoms with Gasteiger partial charge in [0.2, 0.25) is 10.0 Å². The number of amides is 2. The maximum Gasteiger partial charge on any atom is 0.258 e. The first-order valence-corrected chi connectivity index (χ1v) is 15.9. The molecule has 0 bridgehead atoms. The van der Waals surface area contributed by atoms with E-state index in [0.29, 0.717) is 36.6 Å². The Morgan fingerprint density at radius 3 is 2.44 bits per heavy atom. The number of benzene rings is 3. The van der Waals surface area contributed by atoms with Crippen molar-refractivity contribution in [3.8, 4) is 5.75 Å². The van der Waals surface area contributed by atoms with Gasteiger partial charge >= 0.3 is 0 Å². The minimum absolute atomic E-state index is 0.156. The van der Waals surface area contributed by atoms with Crippen molar-refractivity contribution >= 4 is 38.9 Å². The van der Waals surface area contributed by atoms with Crippen LogP contribution in [0.4, 0.5) is 17.1 Å². The molecule has 0 aliphatic carbocycles. The normalized spacial score (nSPS) is 17.8. The number of aliphatic hydroxyl groups is 1. The Hall–Kier alpha value is -4.13. The van der Waals surface area contributed by atoms with Gasteiger partial charge in [-0.2, -0.15) is 0 Å². The zero-order chi connectivity index (χ0) is 31.3. The number of para-hydroxylation sites is 3. The molecule has 11 nitrogen and oxygen atoms in total. The number of nitrogens with one attached hydrogen (secondary N) is 2. The van der Waals surface area contributed by atoms with Crippen LogP contribution in [0.2, 0.25) is 0 Å². The molecule has 3 aromatic rings. The van der Waals surface area contributed by atoms with Crippen LogP contribution in [0.3, 0.4) is 0 Å². The summed E-state index contributed by atoms with van der Waals surface area (Å²) in [5, 5.41) is 12.7. The van der Waals surface area contributed by atoms with E-state index in [4.69, 9.17) is 10.5 Å². The molecule has 3 atom stereocenters. The number of rotatable bonds is 10. The molecular weight excluding hydrogens is 570 g/mol. The quantitative estimate of drug-likeness (QED) is 0.256. The van der Waals surface area contributed by atoms with Gasteiger partial charge in [0.1, 0.15) is 6.10 Å². The molecule has 5 N–H and O–H groups in total. The number of carbonyl (C=O) groups excluding carboxylic acids is 2. The molecule has 3 aromatic carbocycles. The van der Waals surface area contributed by atoms with Gasteiger partial charge in [-0.25, -0.2) is 8.42 Å². The van der Waals surface area contributed by atoms with Gasteiger partial charge in [0.15, 0.2) is 5.75 Å². The van der Waals surface area contributed by atoms with E-state index >= 15 is 0 Å². The fourth-order valence-electron chi connectivity index (χ4n) is 4.99. The molecule has 0 saturated carbocycles. The highest BCUT2D eigenvalue weighted by Crippen LogP contribution is 2.35. The fourth-order valence-corrected chi connectivity index (χ4v) is 5.55. The number of anilines is 3. The predicted octanol–water partition coefficient (Wildman–Crippen LogP) is 3.24. The minimum atomic E-state index is -3.65. The Bertz CT molecular complexity index is 1560. The van der Waals surface area contributed by atoms with E-state index in [1.807, 2.05) is 26.1 Å². The zero-order valence-electron chi connectivity index (χ0n) is 24.8. The third-order valence-corrected chi connectivity index (χ3v) is 7.95. The second-order valence-electron chi connectivity index (χ2n) is 11.1. The standard InChI is InChI=1S/C31H39N5O6S/c1-20-16-36(21(2)19-37)31(39)24-8-7-11-27(34-43(4,40)41)29(24)42-28(20)18-35(3)17-22-12-14-23(15-13-22)30(38)33-26-10-6-5-9-25(26)32/h5-15,20-21,28,34,37H,16-19,32H2,1-4H3,(H,33,38)/t20-,21+,28-/m0/s1. The lowest BCUT2D eigenvalue weighted by molar-refractivity contribution is 0.0344. The molecule has 1 aliphatic heterocycles. The molecule has 0 saturated heterocycles. The highest BCUT2D eigenvalue weighted by molar-refractivity contribution is 7.92. The van der Waals surface area contributed by atoms with Gasteiger partial charge in [0, 0.05) is 31.1 Å². The summed E-state index contributed by atoms with van der Waals surface area (Å²) in [5.74, 6) is -0.599. The molecule has 0 fully saturated rings.